The van der Waals surface area contributed by atoms with Gasteiger partial charge in [0.2, 0.25) is 0 Å². The molecule has 1 aliphatic carbocycles. The van der Waals surface area contributed by atoms with Crippen molar-refractivity contribution in [1.29, 1.82) is 0 Å². The first kappa shape index (κ1) is 8.30. The summed E-state index contributed by atoms with van der Waals surface area (Å²) >= 11 is 5.90. The molecule has 0 unspecified atom stereocenters. The van der Waals surface area contributed by atoms with Gasteiger partial charge in [-0.05, 0) is 37.0 Å². The van der Waals surface area contributed by atoms with Crippen molar-refractivity contribution in [2.45, 2.75) is 19.4 Å². The van der Waals surface area contributed by atoms with Crippen LogP contribution in [-0.4, -0.2) is 9.55 Å². The lowest BCUT2D eigenvalue weighted by atomic mass is 10.3. The van der Waals surface area contributed by atoms with Crippen LogP contribution in [0.3, 0.4) is 0 Å². The summed E-state index contributed by atoms with van der Waals surface area (Å²) in [5, 5.41) is 0.758. The summed E-state index contributed by atoms with van der Waals surface area (Å²) in [7, 11) is 0. The predicted molar refractivity (Wildman–Crippen MR) is 57.5 cm³/mol. The number of halogens is 1. The molecule has 0 aliphatic heterocycles. The first-order valence-electron chi connectivity index (χ1n) is 4.93. The number of hydrogen-bond acceptors (Lipinski definition) is 1. The van der Waals surface area contributed by atoms with E-state index in [0.29, 0.717) is 0 Å². The van der Waals surface area contributed by atoms with Crippen LogP contribution in [0.1, 0.15) is 12.8 Å². The van der Waals surface area contributed by atoms with Crippen LogP contribution in [-0.2, 0) is 6.54 Å². The lowest BCUT2D eigenvalue weighted by molar-refractivity contribution is 0.642. The van der Waals surface area contributed by atoms with Gasteiger partial charge in [-0.1, -0.05) is 11.6 Å². The standard InChI is InChI=1S/C11H11ClN2/c12-9-3-4-11-10(5-9)13-7-14(11)6-8-1-2-8/h3-5,7-8H,1-2,6H2. The Hall–Kier alpha value is -1.02. The summed E-state index contributed by atoms with van der Waals surface area (Å²) in [6, 6.07) is 5.89. The molecule has 3 rings (SSSR count). The minimum atomic E-state index is 0.758. The number of imidazole rings is 1. The van der Waals surface area contributed by atoms with Gasteiger partial charge in [-0.15, -0.1) is 0 Å². The van der Waals surface area contributed by atoms with Crippen molar-refractivity contribution in [3.05, 3.63) is 29.5 Å². The molecule has 2 aromatic rings. The van der Waals surface area contributed by atoms with Crippen molar-refractivity contribution in [2.24, 2.45) is 5.92 Å². The van der Waals surface area contributed by atoms with Crippen LogP contribution in [0.5, 0.6) is 0 Å². The number of nitrogens with zero attached hydrogens (tertiary/aromatic N) is 2. The van der Waals surface area contributed by atoms with Gasteiger partial charge in [0.15, 0.2) is 0 Å². The first-order chi connectivity index (χ1) is 6.83. The normalized spacial score (nSPS) is 16.4. The van der Waals surface area contributed by atoms with Crippen LogP contribution in [0.2, 0.25) is 5.02 Å². The van der Waals surface area contributed by atoms with Crippen molar-refractivity contribution >= 4 is 22.6 Å². The summed E-state index contributed by atoms with van der Waals surface area (Å²) in [5.74, 6) is 0.878. The molecule has 14 heavy (non-hydrogen) atoms. The van der Waals surface area contributed by atoms with E-state index in [9.17, 15) is 0 Å². The zero-order chi connectivity index (χ0) is 9.54. The molecule has 0 atom stereocenters. The number of hydrogen-bond donors (Lipinski definition) is 0. The molecule has 2 nitrogen and oxygen atoms in total. The molecule has 0 saturated heterocycles. The molecule has 1 aromatic carbocycles. The molecule has 0 spiro atoms. The van der Waals surface area contributed by atoms with Gasteiger partial charge < -0.3 is 4.57 Å². The Morgan fingerprint density at radius 3 is 3.07 bits per heavy atom. The lowest BCUT2D eigenvalue weighted by Gasteiger charge is -2.01. The predicted octanol–water partition coefficient (Wildman–Crippen LogP) is 3.10. The molecule has 1 heterocycles. The summed E-state index contributed by atoms with van der Waals surface area (Å²) in [4.78, 5) is 4.34. The van der Waals surface area contributed by atoms with Gasteiger partial charge in [0.25, 0.3) is 0 Å². The average Bonchev–Trinajstić information content (AvgIpc) is 2.89. The van der Waals surface area contributed by atoms with Crippen molar-refractivity contribution < 1.29 is 0 Å². The third-order valence-electron chi connectivity index (χ3n) is 2.73. The van der Waals surface area contributed by atoms with Gasteiger partial charge in [0.1, 0.15) is 0 Å². The Morgan fingerprint density at radius 1 is 1.43 bits per heavy atom. The third kappa shape index (κ3) is 1.40. The molecule has 0 amide bonds. The number of rotatable bonds is 2. The second-order valence-electron chi connectivity index (χ2n) is 3.97. The van der Waals surface area contributed by atoms with E-state index < -0.39 is 0 Å². The van der Waals surface area contributed by atoms with Gasteiger partial charge in [-0.3, -0.25) is 0 Å². The van der Waals surface area contributed by atoms with Gasteiger partial charge in [-0.2, -0.15) is 0 Å². The Bertz CT molecular complexity index is 471. The highest BCUT2D eigenvalue weighted by molar-refractivity contribution is 6.31. The molecule has 3 heteroatoms. The van der Waals surface area contributed by atoms with E-state index in [0.717, 1.165) is 23.0 Å². The molecule has 0 bridgehead atoms. The van der Waals surface area contributed by atoms with E-state index in [1.54, 1.807) is 0 Å². The first-order valence-corrected chi connectivity index (χ1v) is 5.31. The summed E-state index contributed by atoms with van der Waals surface area (Å²) in [6.45, 7) is 1.11. The van der Waals surface area contributed by atoms with Crippen molar-refractivity contribution in [1.82, 2.24) is 9.55 Å². The minimum Gasteiger partial charge on any atom is -0.330 e. The highest BCUT2D eigenvalue weighted by atomic mass is 35.5. The highest BCUT2D eigenvalue weighted by Gasteiger charge is 2.22. The minimum absolute atomic E-state index is 0.758. The second kappa shape index (κ2) is 2.99. The van der Waals surface area contributed by atoms with Gasteiger partial charge in [0, 0.05) is 11.6 Å². The van der Waals surface area contributed by atoms with Crippen molar-refractivity contribution in [2.75, 3.05) is 0 Å². The number of benzene rings is 1. The largest absolute Gasteiger partial charge is 0.330 e. The van der Waals surface area contributed by atoms with Crippen LogP contribution in [0.15, 0.2) is 24.5 Å². The van der Waals surface area contributed by atoms with Crippen molar-refractivity contribution in [3.8, 4) is 0 Å². The van der Waals surface area contributed by atoms with Crippen LogP contribution in [0.4, 0.5) is 0 Å². The maximum absolute atomic E-state index is 5.90. The highest BCUT2D eigenvalue weighted by Crippen LogP contribution is 2.31. The Labute approximate surface area is 87.5 Å². The van der Waals surface area contributed by atoms with Gasteiger partial charge >= 0.3 is 0 Å². The van der Waals surface area contributed by atoms with Crippen LogP contribution in [0, 0.1) is 5.92 Å². The van der Waals surface area contributed by atoms with Gasteiger partial charge in [0.05, 0.1) is 17.4 Å². The fraction of sp³-hybridized carbons (Fsp3) is 0.364. The van der Waals surface area contributed by atoms with Crippen molar-refractivity contribution in [3.63, 3.8) is 0 Å². The van der Waals surface area contributed by atoms with Crippen LogP contribution >= 0.6 is 11.6 Å². The quantitative estimate of drug-likeness (QED) is 0.739. The van der Waals surface area contributed by atoms with E-state index >= 15 is 0 Å². The Kier molecular flexibility index (Phi) is 1.77. The maximum Gasteiger partial charge on any atom is 0.0958 e. The van der Waals surface area contributed by atoms with E-state index in [2.05, 4.69) is 9.55 Å². The second-order valence-corrected chi connectivity index (χ2v) is 4.41. The fourth-order valence-corrected chi connectivity index (χ4v) is 1.93. The molecule has 1 fully saturated rings. The third-order valence-corrected chi connectivity index (χ3v) is 2.97. The average molecular weight is 207 g/mol. The van der Waals surface area contributed by atoms with Gasteiger partial charge in [-0.25, -0.2) is 4.98 Å². The lowest BCUT2D eigenvalue weighted by Crippen LogP contribution is -1.96. The smallest absolute Gasteiger partial charge is 0.0958 e. The summed E-state index contributed by atoms with van der Waals surface area (Å²) in [6.07, 6.45) is 4.65. The number of fused-ring (bicyclic) bond motifs is 1. The summed E-state index contributed by atoms with van der Waals surface area (Å²) in [5.41, 5.74) is 2.19. The molecular formula is C11H11ClN2. The number of aromatic nitrogens is 2. The molecule has 1 saturated carbocycles. The van der Waals surface area contributed by atoms with Crippen LogP contribution < -0.4 is 0 Å². The topological polar surface area (TPSA) is 17.8 Å². The van der Waals surface area contributed by atoms with E-state index in [-0.39, 0.29) is 0 Å². The Balaban J connectivity index is 2.06. The molecule has 0 radical (unpaired) electrons. The van der Waals surface area contributed by atoms with E-state index in [1.807, 2.05) is 24.5 Å². The maximum atomic E-state index is 5.90. The van der Waals surface area contributed by atoms with E-state index in [1.165, 1.54) is 18.4 Å². The molecule has 72 valence electrons. The summed E-state index contributed by atoms with van der Waals surface area (Å²) < 4.78 is 2.23. The fourth-order valence-electron chi connectivity index (χ4n) is 1.76. The monoisotopic (exact) mass is 206 g/mol. The molecular weight excluding hydrogens is 196 g/mol. The Morgan fingerprint density at radius 2 is 2.29 bits per heavy atom. The SMILES string of the molecule is Clc1ccc2c(c1)ncn2CC1CC1. The van der Waals surface area contributed by atoms with Crippen LogP contribution in [0.25, 0.3) is 11.0 Å². The van der Waals surface area contributed by atoms with E-state index in [4.69, 9.17) is 11.6 Å². The molecule has 1 aromatic heterocycles. The zero-order valence-electron chi connectivity index (χ0n) is 7.78. The zero-order valence-corrected chi connectivity index (χ0v) is 8.54. The molecule has 0 N–H and O–H groups in total. The molecule has 1 aliphatic rings.